The molecular weight excluding hydrogens is 364 g/mol. The van der Waals surface area contributed by atoms with Crippen LogP contribution in [0.5, 0.6) is 11.5 Å². The number of nitrogens with one attached hydrogen (secondary N) is 2. The number of methoxy groups -OCH3 is 1. The Morgan fingerprint density at radius 3 is 2.57 bits per heavy atom. The van der Waals surface area contributed by atoms with Gasteiger partial charge in [0, 0.05) is 6.04 Å². The SMILES string of the molecule is CCOc1ccc(C(=O)OCC(=O)NC(=O)N[C@H]2CCCC[C@H]2C)cc1OC. The van der Waals surface area contributed by atoms with Crippen LogP contribution in [0.1, 0.15) is 49.9 Å². The number of rotatable bonds is 7. The molecule has 28 heavy (non-hydrogen) atoms. The van der Waals surface area contributed by atoms with Gasteiger partial charge in [0.15, 0.2) is 18.1 Å². The van der Waals surface area contributed by atoms with E-state index in [1.807, 2.05) is 6.92 Å². The van der Waals surface area contributed by atoms with E-state index in [1.165, 1.54) is 19.2 Å². The zero-order valence-corrected chi connectivity index (χ0v) is 16.6. The van der Waals surface area contributed by atoms with Crippen LogP contribution >= 0.6 is 0 Å². The monoisotopic (exact) mass is 392 g/mol. The second-order valence-corrected chi connectivity index (χ2v) is 6.76. The van der Waals surface area contributed by atoms with Gasteiger partial charge in [-0.15, -0.1) is 0 Å². The van der Waals surface area contributed by atoms with Crippen molar-refractivity contribution in [2.75, 3.05) is 20.3 Å². The number of amides is 3. The third-order valence-electron chi connectivity index (χ3n) is 4.71. The number of hydrogen-bond donors (Lipinski definition) is 2. The van der Waals surface area contributed by atoms with Crippen LogP contribution in [0.25, 0.3) is 0 Å². The summed E-state index contributed by atoms with van der Waals surface area (Å²) in [6.07, 6.45) is 4.18. The second-order valence-electron chi connectivity index (χ2n) is 6.76. The van der Waals surface area contributed by atoms with Crippen molar-refractivity contribution in [3.63, 3.8) is 0 Å². The second kappa shape index (κ2) is 10.5. The Labute approximate surface area is 164 Å². The van der Waals surface area contributed by atoms with Gasteiger partial charge in [0.1, 0.15) is 0 Å². The molecule has 0 bridgehead atoms. The minimum atomic E-state index is -0.696. The van der Waals surface area contributed by atoms with E-state index in [0.717, 1.165) is 25.7 Å². The lowest BCUT2D eigenvalue weighted by Crippen LogP contribution is -2.48. The molecule has 0 aromatic heterocycles. The summed E-state index contributed by atoms with van der Waals surface area (Å²) in [6.45, 7) is 3.83. The van der Waals surface area contributed by atoms with Gasteiger partial charge in [-0.3, -0.25) is 10.1 Å². The average molecular weight is 392 g/mol. The number of hydrogen-bond acceptors (Lipinski definition) is 6. The first-order valence-corrected chi connectivity index (χ1v) is 9.52. The molecule has 2 rings (SSSR count). The summed E-state index contributed by atoms with van der Waals surface area (Å²) in [4.78, 5) is 36.0. The van der Waals surface area contributed by atoms with Crippen molar-refractivity contribution < 1.29 is 28.6 Å². The molecule has 1 aromatic carbocycles. The fourth-order valence-electron chi connectivity index (χ4n) is 3.18. The van der Waals surface area contributed by atoms with Gasteiger partial charge in [0.25, 0.3) is 5.91 Å². The molecule has 0 spiro atoms. The molecule has 2 N–H and O–H groups in total. The molecule has 1 saturated carbocycles. The van der Waals surface area contributed by atoms with Crippen LogP contribution in [0, 0.1) is 5.92 Å². The Hall–Kier alpha value is -2.77. The summed E-state index contributed by atoms with van der Waals surface area (Å²) < 4.78 is 15.5. The number of esters is 1. The zero-order chi connectivity index (χ0) is 20.5. The van der Waals surface area contributed by atoms with Gasteiger partial charge in [0.05, 0.1) is 19.3 Å². The fourth-order valence-corrected chi connectivity index (χ4v) is 3.18. The topological polar surface area (TPSA) is 103 Å². The predicted octanol–water partition coefficient (Wildman–Crippen LogP) is 2.66. The normalized spacial score (nSPS) is 18.7. The van der Waals surface area contributed by atoms with Gasteiger partial charge in [0.2, 0.25) is 0 Å². The molecule has 0 radical (unpaired) electrons. The summed E-state index contributed by atoms with van der Waals surface area (Å²) in [6, 6.07) is 4.08. The molecule has 8 heteroatoms. The van der Waals surface area contributed by atoms with E-state index >= 15 is 0 Å². The van der Waals surface area contributed by atoms with E-state index in [0.29, 0.717) is 24.0 Å². The molecule has 1 aliphatic rings. The van der Waals surface area contributed by atoms with E-state index in [2.05, 4.69) is 17.6 Å². The summed E-state index contributed by atoms with van der Waals surface area (Å²) in [7, 11) is 1.46. The molecular formula is C20H28N2O6. The summed E-state index contributed by atoms with van der Waals surface area (Å²) in [5, 5.41) is 5.00. The minimum absolute atomic E-state index is 0.0559. The Balaban J connectivity index is 1.81. The Bertz CT molecular complexity index is 706. The molecule has 1 aromatic rings. The third-order valence-corrected chi connectivity index (χ3v) is 4.71. The number of carbonyl (C=O) groups excluding carboxylic acids is 3. The number of benzene rings is 1. The van der Waals surface area contributed by atoms with Crippen LogP contribution in [0.2, 0.25) is 0 Å². The van der Waals surface area contributed by atoms with Crippen molar-refractivity contribution in [1.82, 2.24) is 10.6 Å². The molecule has 154 valence electrons. The Morgan fingerprint density at radius 2 is 1.89 bits per heavy atom. The summed E-state index contributed by atoms with van der Waals surface area (Å²) >= 11 is 0. The van der Waals surface area contributed by atoms with Gasteiger partial charge >= 0.3 is 12.0 Å². The standard InChI is InChI=1S/C20H28N2O6/c1-4-27-16-10-9-14(11-17(16)26-3)19(24)28-12-18(23)22-20(25)21-15-8-6-5-7-13(15)2/h9-11,13,15H,4-8,12H2,1-3H3,(H2,21,22,23,25)/t13-,15+/m1/s1. The van der Waals surface area contributed by atoms with Crippen LogP contribution in [0.3, 0.4) is 0 Å². The molecule has 8 nitrogen and oxygen atoms in total. The highest BCUT2D eigenvalue weighted by molar-refractivity contribution is 5.97. The van der Waals surface area contributed by atoms with E-state index in [1.54, 1.807) is 6.07 Å². The first-order valence-electron chi connectivity index (χ1n) is 9.52. The molecule has 0 aliphatic heterocycles. The molecule has 3 amide bonds. The summed E-state index contributed by atoms with van der Waals surface area (Å²) in [5.74, 6) is -0.110. The number of urea groups is 1. The van der Waals surface area contributed by atoms with E-state index in [-0.39, 0.29) is 11.6 Å². The van der Waals surface area contributed by atoms with Gasteiger partial charge in [-0.2, -0.15) is 0 Å². The highest BCUT2D eigenvalue weighted by Gasteiger charge is 2.23. The molecule has 0 heterocycles. The highest BCUT2D eigenvalue weighted by atomic mass is 16.5. The maximum Gasteiger partial charge on any atom is 0.338 e. The Morgan fingerprint density at radius 1 is 1.14 bits per heavy atom. The van der Waals surface area contributed by atoms with E-state index < -0.39 is 24.5 Å². The molecule has 1 fully saturated rings. The number of ether oxygens (including phenoxy) is 3. The van der Waals surface area contributed by atoms with E-state index in [4.69, 9.17) is 14.2 Å². The maximum atomic E-state index is 12.1. The lowest BCUT2D eigenvalue weighted by Gasteiger charge is -2.29. The van der Waals surface area contributed by atoms with Gasteiger partial charge < -0.3 is 19.5 Å². The van der Waals surface area contributed by atoms with Crippen LogP contribution < -0.4 is 20.1 Å². The first-order chi connectivity index (χ1) is 13.4. The molecule has 0 saturated heterocycles. The lowest BCUT2D eigenvalue weighted by molar-refractivity contribution is -0.123. The smallest absolute Gasteiger partial charge is 0.338 e. The van der Waals surface area contributed by atoms with Crippen molar-refractivity contribution in [3.8, 4) is 11.5 Å². The predicted molar refractivity (Wildman–Crippen MR) is 103 cm³/mol. The quantitative estimate of drug-likeness (QED) is 0.692. The van der Waals surface area contributed by atoms with Crippen molar-refractivity contribution in [2.24, 2.45) is 5.92 Å². The van der Waals surface area contributed by atoms with Gasteiger partial charge in [-0.1, -0.05) is 19.8 Å². The largest absolute Gasteiger partial charge is 0.493 e. The van der Waals surface area contributed by atoms with Crippen LogP contribution in [-0.2, 0) is 9.53 Å². The van der Waals surface area contributed by atoms with E-state index in [9.17, 15) is 14.4 Å². The maximum absolute atomic E-state index is 12.1. The van der Waals surface area contributed by atoms with Crippen molar-refractivity contribution in [1.29, 1.82) is 0 Å². The number of imide groups is 1. The fraction of sp³-hybridized carbons (Fsp3) is 0.550. The van der Waals surface area contributed by atoms with Crippen LogP contribution in [0.15, 0.2) is 18.2 Å². The van der Waals surface area contributed by atoms with Crippen molar-refractivity contribution >= 4 is 17.9 Å². The molecule has 2 atom stereocenters. The van der Waals surface area contributed by atoms with Crippen molar-refractivity contribution in [3.05, 3.63) is 23.8 Å². The lowest BCUT2D eigenvalue weighted by atomic mass is 9.86. The third kappa shape index (κ3) is 6.14. The first kappa shape index (κ1) is 21.5. The number of carbonyl (C=O) groups is 3. The molecule has 1 aliphatic carbocycles. The highest BCUT2D eigenvalue weighted by Crippen LogP contribution is 2.28. The minimum Gasteiger partial charge on any atom is -0.493 e. The van der Waals surface area contributed by atoms with Crippen molar-refractivity contribution in [2.45, 2.75) is 45.6 Å². The summed E-state index contributed by atoms with van der Waals surface area (Å²) in [5.41, 5.74) is 0.216. The van der Waals surface area contributed by atoms with Gasteiger partial charge in [-0.25, -0.2) is 9.59 Å². The molecule has 0 unspecified atom stereocenters. The van der Waals surface area contributed by atoms with Crippen LogP contribution in [0.4, 0.5) is 4.79 Å². The van der Waals surface area contributed by atoms with Crippen LogP contribution in [-0.4, -0.2) is 44.3 Å². The average Bonchev–Trinajstić information content (AvgIpc) is 2.68. The van der Waals surface area contributed by atoms with Gasteiger partial charge in [-0.05, 0) is 43.9 Å². The zero-order valence-electron chi connectivity index (χ0n) is 16.6. The Kier molecular flexibility index (Phi) is 8.10.